The van der Waals surface area contributed by atoms with Crippen LogP contribution in [0.1, 0.15) is 25.3 Å². The van der Waals surface area contributed by atoms with Crippen LogP contribution in [0.4, 0.5) is 5.82 Å². The van der Waals surface area contributed by atoms with Crippen LogP contribution in [-0.2, 0) is 14.3 Å². The number of nitrogens with one attached hydrogen (secondary N) is 1. The molecule has 2 aliphatic heterocycles. The summed E-state index contributed by atoms with van der Waals surface area (Å²) in [6.07, 6.45) is 4.03. The highest BCUT2D eigenvalue weighted by Crippen LogP contribution is 2.26. The van der Waals surface area contributed by atoms with Crippen molar-refractivity contribution in [1.29, 1.82) is 0 Å². The summed E-state index contributed by atoms with van der Waals surface area (Å²) in [4.78, 5) is 26.6. The molecule has 0 saturated carbocycles. The molecule has 0 spiro atoms. The van der Waals surface area contributed by atoms with E-state index in [2.05, 4.69) is 10.4 Å². The lowest BCUT2D eigenvalue weighted by Crippen LogP contribution is -2.41. The second kappa shape index (κ2) is 9.09. The van der Waals surface area contributed by atoms with Gasteiger partial charge in [0.25, 0.3) is 5.91 Å². The molecule has 1 aromatic carbocycles. The van der Waals surface area contributed by atoms with E-state index in [1.54, 1.807) is 6.20 Å². The molecule has 3 heterocycles. The van der Waals surface area contributed by atoms with Crippen LogP contribution in [0.5, 0.6) is 5.75 Å². The van der Waals surface area contributed by atoms with Gasteiger partial charge in [0, 0.05) is 25.8 Å². The zero-order chi connectivity index (χ0) is 20.1. The Morgan fingerprint density at radius 1 is 1.14 bits per heavy atom. The van der Waals surface area contributed by atoms with Crippen LogP contribution in [0, 0.1) is 5.92 Å². The number of nitrogens with zero attached hydrogens (tertiary/aromatic N) is 3. The first-order valence-corrected chi connectivity index (χ1v) is 10.1. The molecule has 2 aliphatic rings. The summed E-state index contributed by atoms with van der Waals surface area (Å²) in [7, 11) is 0. The molecule has 0 bridgehead atoms. The zero-order valence-electron chi connectivity index (χ0n) is 16.3. The Balaban J connectivity index is 1.28. The van der Waals surface area contributed by atoms with Crippen LogP contribution in [0.25, 0.3) is 0 Å². The SMILES string of the molecule is O=C(Nc1ccnn1C1CCN(C(=O)COc2ccccc2)CC1)[C@H]1CCOC1. The number of rotatable bonds is 6. The lowest BCUT2D eigenvalue weighted by atomic mass is 10.1. The van der Waals surface area contributed by atoms with Crippen LogP contribution in [-0.4, -0.2) is 59.4 Å². The van der Waals surface area contributed by atoms with E-state index in [-0.39, 0.29) is 30.4 Å². The first-order chi connectivity index (χ1) is 14.2. The van der Waals surface area contributed by atoms with Gasteiger partial charge in [-0.2, -0.15) is 5.10 Å². The van der Waals surface area contributed by atoms with Crippen LogP contribution in [0.15, 0.2) is 42.6 Å². The summed E-state index contributed by atoms with van der Waals surface area (Å²) >= 11 is 0. The maximum absolute atomic E-state index is 12.4. The molecule has 2 saturated heterocycles. The Kier molecular flexibility index (Phi) is 6.09. The molecule has 0 aliphatic carbocycles. The third-order valence-electron chi connectivity index (χ3n) is 5.49. The van der Waals surface area contributed by atoms with E-state index in [0.717, 1.165) is 19.3 Å². The van der Waals surface area contributed by atoms with Crippen molar-refractivity contribution in [2.75, 3.05) is 38.2 Å². The van der Waals surface area contributed by atoms with E-state index >= 15 is 0 Å². The second-order valence-electron chi connectivity index (χ2n) is 7.42. The highest BCUT2D eigenvalue weighted by atomic mass is 16.5. The maximum atomic E-state index is 12.4. The summed E-state index contributed by atoms with van der Waals surface area (Å²) in [6, 6.07) is 11.3. The van der Waals surface area contributed by atoms with Crippen molar-refractivity contribution in [1.82, 2.24) is 14.7 Å². The minimum atomic E-state index is -0.0950. The molecule has 1 atom stereocenters. The van der Waals surface area contributed by atoms with E-state index in [4.69, 9.17) is 9.47 Å². The second-order valence-corrected chi connectivity index (χ2v) is 7.42. The Bertz CT molecular complexity index is 824. The Morgan fingerprint density at radius 3 is 2.66 bits per heavy atom. The van der Waals surface area contributed by atoms with Crippen molar-refractivity contribution < 1.29 is 19.1 Å². The topological polar surface area (TPSA) is 85.7 Å². The average molecular weight is 398 g/mol. The van der Waals surface area contributed by atoms with Gasteiger partial charge in [-0.3, -0.25) is 9.59 Å². The van der Waals surface area contributed by atoms with Crippen LogP contribution < -0.4 is 10.1 Å². The number of benzene rings is 1. The lowest BCUT2D eigenvalue weighted by Gasteiger charge is -2.32. The molecule has 4 rings (SSSR count). The number of hydrogen-bond acceptors (Lipinski definition) is 5. The number of hydrogen-bond donors (Lipinski definition) is 1. The minimum absolute atomic E-state index is 0.0115. The van der Waals surface area contributed by atoms with Crippen molar-refractivity contribution in [2.24, 2.45) is 5.92 Å². The summed E-state index contributed by atoms with van der Waals surface area (Å²) in [6.45, 7) is 2.45. The maximum Gasteiger partial charge on any atom is 0.260 e. The van der Waals surface area contributed by atoms with E-state index in [1.165, 1.54) is 0 Å². The standard InChI is InChI=1S/C21H26N4O4/c26-20(15-29-18-4-2-1-3-5-18)24-11-7-17(8-12-24)25-19(6-10-22-25)23-21(27)16-9-13-28-14-16/h1-6,10,16-17H,7-9,11-15H2,(H,23,27)/t16-/m0/s1. The van der Waals surface area contributed by atoms with Crippen molar-refractivity contribution in [3.05, 3.63) is 42.6 Å². The number of para-hydroxylation sites is 1. The third kappa shape index (κ3) is 4.76. The minimum Gasteiger partial charge on any atom is -0.484 e. The Labute approximate surface area is 169 Å². The predicted molar refractivity (Wildman–Crippen MR) is 107 cm³/mol. The molecular formula is C21H26N4O4. The van der Waals surface area contributed by atoms with E-state index in [0.29, 0.717) is 37.9 Å². The highest BCUT2D eigenvalue weighted by molar-refractivity contribution is 5.92. The summed E-state index contributed by atoms with van der Waals surface area (Å²) < 4.78 is 12.7. The fourth-order valence-corrected chi connectivity index (χ4v) is 3.79. The van der Waals surface area contributed by atoms with E-state index in [9.17, 15) is 9.59 Å². The molecule has 8 nitrogen and oxygen atoms in total. The van der Waals surface area contributed by atoms with E-state index < -0.39 is 0 Å². The van der Waals surface area contributed by atoms with Gasteiger partial charge in [-0.05, 0) is 31.4 Å². The molecule has 0 radical (unpaired) electrons. The molecular weight excluding hydrogens is 372 g/mol. The lowest BCUT2D eigenvalue weighted by molar-refractivity contribution is -0.134. The number of piperidine rings is 1. The number of ether oxygens (including phenoxy) is 2. The number of anilines is 1. The zero-order valence-corrected chi connectivity index (χ0v) is 16.3. The van der Waals surface area contributed by atoms with Gasteiger partial charge >= 0.3 is 0 Å². The monoisotopic (exact) mass is 398 g/mol. The number of carbonyl (C=O) groups is 2. The fraction of sp³-hybridized carbons (Fsp3) is 0.476. The van der Waals surface area contributed by atoms with Gasteiger partial charge in [0.15, 0.2) is 6.61 Å². The van der Waals surface area contributed by atoms with Crippen LogP contribution in [0.3, 0.4) is 0 Å². The van der Waals surface area contributed by atoms with Crippen molar-refractivity contribution >= 4 is 17.6 Å². The third-order valence-corrected chi connectivity index (χ3v) is 5.49. The number of likely N-dealkylation sites (tertiary alicyclic amines) is 1. The fourth-order valence-electron chi connectivity index (χ4n) is 3.79. The smallest absolute Gasteiger partial charge is 0.260 e. The van der Waals surface area contributed by atoms with Crippen LogP contribution >= 0.6 is 0 Å². The Hall–Kier alpha value is -2.87. The molecule has 29 heavy (non-hydrogen) atoms. The first kappa shape index (κ1) is 19.4. The molecule has 154 valence electrons. The quantitative estimate of drug-likeness (QED) is 0.805. The van der Waals surface area contributed by atoms with Gasteiger partial charge in [-0.25, -0.2) is 4.68 Å². The first-order valence-electron chi connectivity index (χ1n) is 10.1. The summed E-state index contributed by atoms with van der Waals surface area (Å²) in [5.74, 6) is 1.28. The van der Waals surface area contributed by atoms with Gasteiger partial charge in [0.05, 0.1) is 24.8 Å². The van der Waals surface area contributed by atoms with Gasteiger partial charge in [0.1, 0.15) is 11.6 Å². The van der Waals surface area contributed by atoms with Gasteiger partial charge < -0.3 is 19.7 Å². The van der Waals surface area contributed by atoms with Crippen molar-refractivity contribution in [2.45, 2.75) is 25.3 Å². The molecule has 8 heteroatoms. The molecule has 2 amide bonds. The molecule has 0 unspecified atom stereocenters. The number of amides is 2. The predicted octanol–water partition coefficient (Wildman–Crippen LogP) is 2.10. The molecule has 2 fully saturated rings. The van der Waals surface area contributed by atoms with Crippen molar-refractivity contribution in [3.8, 4) is 5.75 Å². The van der Waals surface area contributed by atoms with Gasteiger partial charge in [-0.1, -0.05) is 18.2 Å². The van der Waals surface area contributed by atoms with Crippen molar-refractivity contribution in [3.63, 3.8) is 0 Å². The summed E-state index contributed by atoms with van der Waals surface area (Å²) in [5, 5.41) is 7.39. The van der Waals surface area contributed by atoms with E-state index in [1.807, 2.05) is 46.0 Å². The summed E-state index contributed by atoms with van der Waals surface area (Å²) in [5.41, 5.74) is 0. The highest BCUT2D eigenvalue weighted by Gasteiger charge is 2.28. The normalized spacial score (nSPS) is 19.9. The largest absolute Gasteiger partial charge is 0.484 e. The molecule has 1 aromatic heterocycles. The Morgan fingerprint density at radius 2 is 1.93 bits per heavy atom. The van der Waals surface area contributed by atoms with Gasteiger partial charge in [-0.15, -0.1) is 0 Å². The number of carbonyl (C=O) groups excluding carboxylic acids is 2. The van der Waals surface area contributed by atoms with Gasteiger partial charge in [0.2, 0.25) is 5.91 Å². The molecule has 1 N–H and O–H groups in total. The molecule has 2 aromatic rings. The number of aromatic nitrogens is 2. The average Bonchev–Trinajstić information content (AvgIpc) is 3.45. The van der Waals surface area contributed by atoms with Crippen LogP contribution in [0.2, 0.25) is 0 Å².